The van der Waals surface area contributed by atoms with Gasteiger partial charge in [0.2, 0.25) is 0 Å². The molecule has 1 saturated heterocycles. The fourth-order valence-corrected chi connectivity index (χ4v) is 4.78. The molecule has 9 heteroatoms. The zero-order valence-corrected chi connectivity index (χ0v) is 20.7. The van der Waals surface area contributed by atoms with Crippen molar-refractivity contribution in [3.05, 3.63) is 64.4 Å². The molecular formula is C27H29ClF2N2O4. The summed E-state index contributed by atoms with van der Waals surface area (Å²) in [6.45, 7) is 3.61. The summed E-state index contributed by atoms with van der Waals surface area (Å²) in [5.74, 6) is -5.67. The summed E-state index contributed by atoms with van der Waals surface area (Å²) in [5.41, 5.74) is 1.58. The summed E-state index contributed by atoms with van der Waals surface area (Å²) < 4.78 is 41.5. The van der Waals surface area contributed by atoms with Crippen molar-refractivity contribution < 1.29 is 27.8 Å². The Bertz CT molecular complexity index is 1250. The number of likely N-dealkylation sites (tertiary alicyclic amines) is 1. The van der Waals surface area contributed by atoms with Gasteiger partial charge in [-0.15, -0.1) is 0 Å². The quantitative estimate of drug-likeness (QED) is 0.400. The number of rotatable bonds is 9. The Morgan fingerprint density at radius 1 is 1.22 bits per heavy atom. The number of furan rings is 1. The van der Waals surface area contributed by atoms with E-state index in [0.29, 0.717) is 21.7 Å². The molecule has 5 rings (SSSR count). The Morgan fingerprint density at radius 2 is 1.97 bits per heavy atom. The lowest BCUT2D eigenvalue weighted by atomic mass is 10.0. The number of fused-ring (bicyclic) bond motifs is 1. The first-order chi connectivity index (χ1) is 17.2. The first-order valence-electron chi connectivity index (χ1n) is 12.3. The van der Waals surface area contributed by atoms with Gasteiger partial charge >= 0.3 is 5.92 Å². The highest BCUT2D eigenvalue weighted by molar-refractivity contribution is 6.32. The number of hydrogen-bond donors (Lipinski definition) is 2. The number of ether oxygens (including phenoxy) is 1. The maximum Gasteiger partial charge on any atom is 0.380 e. The fourth-order valence-electron chi connectivity index (χ4n) is 4.55. The smallest absolute Gasteiger partial charge is 0.380 e. The number of amides is 1. The minimum Gasteiger partial charge on any atom is -0.489 e. The van der Waals surface area contributed by atoms with Crippen LogP contribution in [-0.4, -0.2) is 47.7 Å². The van der Waals surface area contributed by atoms with Crippen LogP contribution in [0.3, 0.4) is 0 Å². The molecule has 2 heterocycles. The minimum absolute atomic E-state index is 0.157. The van der Waals surface area contributed by atoms with E-state index in [9.17, 15) is 9.90 Å². The Kier molecular flexibility index (Phi) is 6.94. The van der Waals surface area contributed by atoms with Gasteiger partial charge in [0.05, 0.1) is 17.2 Å². The largest absolute Gasteiger partial charge is 0.489 e. The van der Waals surface area contributed by atoms with Gasteiger partial charge in [-0.3, -0.25) is 4.79 Å². The van der Waals surface area contributed by atoms with Crippen LogP contribution in [0.4, 0.5) is 8.78 Å². The molecule has 1 saturated carbocycles. The van der Waals surface area contributed by atoms with Crippen molar-refractivity contribution in [1.82, 2.24) is 10.2 Å². The van der Waals surface area contributed by atoms with Crippen LogP contribution in [-0.2, 0) is 10.7 Å². The van der Waals surface area contributed by atoms with Gasteiger partial charge < -0.3 is 24.5 Å². The van der Waals surface area contributed by atoms with Crippen LogP contribution in [0.25, 0.3) is 11.0 Å². The standard InChI is InChI=1S/C27H29ClF2N2O4/c1-16-4-8-22-18(12-16)14-24(36-22)27(29,30)26(34)31-21(15-32-10-2-3-11-32)25(33)17-5-9-23(20(28)13-17)35-19-6-7-19/h4-5,8-9,12-14,19,21,25,33H,2-3,6-7,10-11,15H2,1H3,(H,31,34)/t21-,25+/m1/s1. The van der Waals surface area contributed by atoms with Crippen LogP contribution < -0.4 is 10.1 Å². The number of carbonyl (C=O) groups is 1. The average Bonchev–Trinajstić information content (AvgIpc) is 3.32. The van der Waals surface area contributed by atoms with Crippen LogP contribution in [0.5, 0.6) is 5.75 Å². The molecule has 0 bridgehead atoms. The zero-order valence-electron chi connectivity index (χ0n) is 20.0. The first kappa shape index (κ1) is 25.0. The predicted octanol–water partition coefficient (Wildman–Crippen LogP) is 5.34. The molecule has 2 atom stereocenters. The van der Waals surface area contributed by atoms with Crippen LogP contribution >= 0.6 is 11.6 Å². The van der Waals surface area contributed by atoms with E-state index in [1.807, 2.05) is 11.8 Å². The number of aryl methyl sites for hydroxylation is 1. The monoisotopic (exact) mass is 518 g/mol. The Labute approximate surface area is 213 Å². The Balaban J connectivity index is 1.37. The van der Waals surface area contributed by atoms with Crippen molar-refractivity contribution in [2.75, 3.05) is 19.6 Å². The number of nitrogens with one attached hydrogen (secondary N) is 1. The van der Waals surface area contributed by atoms with Crippen molar-refractivity contribution in [2.45, 2.75) is 56.8 Å². The first-order valence-corrected chi connectivity index (χ1v) is 12.6. The van der Waals surface area contributed by atoms with E-state index in [1.165, 1.54) is 6.07 Å². The summed E-state index contributed by atoms with van der Waals surface area (Å²) in [4.78, 5) is 14.9. The lowest BCUT2D eigenvalue weighted by molar-refractivity contribution is -0.151. The van der Waals surface area contributed by atoms with Crippen LogP contribution in [0, 0.1) is 6.92 Å². The molecule has 2 fully saturated rings. The van der Waals surface area contributed by atoms with Crippen LogP contribution in [0.1, 0.15) is 48.7 Å². The van der Waals surface area contributed by atoms with E-state index >= 15 is 8.78 Å². The highest BCUT2D eigenvalue weighted by atomic mass is 35.5. The molecule has 2 aliphatic rings. The maximum absolute atomic E-state index is 15.2. The number of aliphatic hydroxyl groups is 1. The normalized spacial score (nSPS) is 18.4. The molecule has 1 amide bonds. The number of carbonyl (C=O) groups excluding carboxylic acids is 1. The summed E-state index contributed by atoms with van der Waals surface area (Å²) >= 11 is 6.36. The van der Waals surface area contributed by atoms with Gasteiger partial charge in [0, 0.05) is 11.9 Å². The SMILES string of the molecule is Cc1ccc2oc(C(F)(F)C(=O)N[C@H](CN3CCCC3)[C@@H](O)c3ccc(OC4CC4)c(Cl)c3)cc2c1. The number of alkyl halides is 2. The van der Waals surface area contributed by atoms with Gasteiger partial charge in [0.1, 0.15) is 17.4 Å². The van der Waals surface area contributed by atoms with E-state index in [1.54, 1.807) is 36.4 Å². The van der Waals surface area contributed by atoms with E-state index in [-0.39, 0.29) is 18.2 Å². The van der Waals surface area contributed by atoms with Crippen molar-refractivity contribution in [3.8, 4) is 5.75 Å². The summed E-state index contributed by atoms with van der Waals surface area (Å²) in [6, 6.07) is 10.1. The zero-order chi connectivity index (χ0) is 25.4. The molecule has 2 aromatic carbocycles. The number of aliphatic hydroxyl groups excluding tert-OH is 1. The van der Waals surface area contributed by atoms with Crippen LogP contribution in [0.2, 0.25) is 5.02 Å². The van der Waals surface area contributed by atoms with Gasteiger partial charge in [-0.05, 0) is 81.6 Å². The number of benzene rings is 2. The van der Waals surface area contributed by atoms with Gasteiger partial charge in [0.25, 0.3) is 5.91 Å². The number of nitrogens with zero attached hydrogens (tertiary/aromatic N) is 1. The Morgan fingerprint density at radius 3 is 2.67 bits per heavy atom. The molecule has 1 aliphatic heterocycles. The third-order valence-corrected chi connectivity index (χ3v) is 7.03. The molecule has 3 aromatic rings. The lowest BCUT2D eigenvalue weighted by Gasteiger charge is -2.30. The van der Waals surface area contributed by atoms with E-state index < -0.39 is 29.7 Å². The highest BCUT2D eigenvalue weighted by Crippen LogP contribution is 2.36. The van der Waals surface area contributed by atoms with Gasteiger partial charge in [0.15, 0.2) is 5.76 Å². The molecule has 6 nitrogen and oxygen atoms in total. The van der Waals surface area contributed by atoms with E-state index in [4.69, 9.17) is 20.8 Å². The second-order valence-corrected chi connectivity index (χ2v) is 10.2. The second-order valence-electron chi connectivity index (χ2n) is 9.77. The lowest BCUT2D eigenvalue weighted by Crippen LogP contribution is -2.50. The van der Waals surface area contributed by atoms with Crippen molar-refractivity contribution in [3.63, 3.8) is 0 Å². The van der Waals surface area contributed by atoms with E-state index in [2.05, 4.69) is 5.32 Å². The average molecular weight is 519 g/mol. The van der Waals surface area contributed by atoms with Crippen LogP contribution in [0.15, 0.2) is 46.9 Å². The molecule has 192 valence electrons. The molecule has 2 N–H and O–H groups in total. The van der Waals surface area contributed by atoms with Gasteiger partial charge in [-0.25, -0.2) is 0 Å². The number of halogens is 3. The third-order valence-electron chi connectivity index (χ3n) is 6.73. The molecule has 0 radical (unpaired) electrons. The summed E-state index contributed by atoms with van der Waals surface area (Å²) in [5, 5.41) is 14.4. The predicted molar refractivity (Wildman–Crippen MR) is 133 cm³/mol. The fraction of sp³-hybridized carbons (Fsp3) is 0.444. The molecule has 0 unspecified atom stereocenters. The molecular weight excluding hydrogens is 490 g/mol. The summed E-state index contributed by atoms with van der Waals surface area (Å²) in [6.07, 6.45) is 2.81. The van der Waals surface area contributed by atoms with Crippen molar-refractivity contribution >= 4 is 28.5 Å². The topological polar surface area (TPSA) is 74.9 Å². The molecule has 0 spiro atoms. The third kappa shape index (κ3) is 5.36. The van der Waals surface area contributed by atoms with Crippen molar-refractivity contribution in [2.24, 2.45) is 0 Å². The highest BCUT2D eigenvalue weighted by Gasteiger charge is 2.46. The molecule has 1 aromatic heterocycles. The minimum atomic E-state index is -3.92. The van der Waals surface area contributed by atoms with Gasteiger partial charge in [-0.2, -0.15) is 8.78 Å². The van der Waals surface area contributed by atoms with Gasteiger partial charge in [-0.1, -0.05) is 29.3 Å². The Hall–Kier alpha value is -2.68. The summed E-state index contributed by atoms with van der Waals surface area (Å²) in [7, 11) is 0. The van der Waals surface area contributed by atoms with Crippen molar-refractivity contribution in [1.29, 1.82) is 0 Å². The number of hydrogen-bond acceptors (Lipinski definition) is 5. The second kappa shape index (κ2) is 10.00. The molecule has 1 aliphatic carbocycles. The van der Waals surface area contributed by atoms with E-state index in [0.717, 1.165) is 44.3 Å². The molecule has 36 heavy (non-hydrogen) atoms. The maximum atomic E-state index is 15.2.